The summed E-state index contributed by atoms with van der Waals surface area (Å²) < 4.78 is 0. The molecular weight excluding hydrogens is 228 g/mol. The molecule has 0 aromatic carbocycles. The van der Waals surface area contributed by atoms with Crippen molar-refractivity contribution >= 4 is 17.9 Å². The van der Waals surface area contributed by atoms with E-state index in [1.54, 1.807) is 0 Å². The maximum Gasteiger partial charge on any atom is 0.306 e. The Kier molecular flexibility index (Phi) is 4.68. The molecule has 0 heterocycles. The highest BCUT2D eigenvalue weighted by Gasteiger charge is 2.50. The first-order valence-corrected chi connectivity index (χ1v) is 5.25. The lowest BCUT2D eigenvalue weighted by molar-refractivity contribution is -0.163. The molecule has 0 aliphatic rings. The highest BCUT2D eigenvalue weighted by molar-refractivity contribution is 5.79. The van der Waals surface area contributed by atoms with Gasteiger partial charge in [0.05, 0.1) is 17.8 Å². The van der Waals surface area contributed by atoms with E-state index in [1.165, 1.54) is 27.7 Å². The van der Waals surface area contributed by atoms with E-state index in [-0.39, 0.29) is 0 Å². The quantitative estimate of drug-likeness (QED) is 0.648. The van der Waals surface area contributed by atoms with Crippen LogP contribution < -0.4 is 0 Å². The van der Waals surface area contributed by atoms with Crippen molar-refractivity contribution in [2.45, 2.75) is 27.7 Å². The third-order valence-electron chi connectivity index (χ3n) is 3.91. The predicted octanol–water partition coefficient (Wildman–Crippen LogP) is 1.15. The maximum absolute atomic E-state index is 11.0. The molecule has 0 rings (SSSR count). The second-order valence-electron chi connectivity index (χ2n) is 4.55. The molecule has 0 amide bonds. The van der Waals surface area contributed by atoms with Gasteiger partial charge in [0.15, 0.2) is 0 Å². The van der Waals surface area contributed by atoms with Crippen molar-refractivity contribution < 1.29 is 29.7 Å². The van der Waals surface area contributed by atoms with Crippen molar-refractivity contribution in [2.75, 3.05) is 0 Å². The van der Waals surface area contributed by atoms with Gasteiger partial charge < -0.3 is 15.3 Å². The summed E-state index contributed by atoms with van der Waals surface area (Å²) in [7, 11) is 0. The predicted molar refractivity (Wildman–Crippen MR) is 58.5 cm³/mol. The van der Waals surface area contributed by atoms with E-state index < -0.39 is 41.1 Å². The summed E-state index contributed by atoms with van der Waals surface area (Å²) in [5, 5.41) is 27.0. The Morgan fingerprint density at radius 1 is 0.765 bits per heavy atom. The standard InChI is InChI=1S/C11H18O6/c1-5(8(12)13)11(4,6(2)9(14)15)7(3)10(16)17/h5-7H,1-4H3,(H,12,13)(H,14,15)(H,16,17). The molecule has 98 valence electrons. The number of aliphatic carboxylic acids is 3. The third-order valence-corrected chi connectivity index (χ3v) is 3.91. The van der Waals surface area contributed by atoms with Crippen molar-refractivity contribution in [1.29, 1.82) is 0 Å². The highest BCUT2D eigenvalue weighted by atomic mass is 16.4. The summed E-state index contributed by atoms with van der Waals surface area (Å²) in [6.45, 7) is 5.40. The largest absolute Gasteiger partial charge is 0.481 e. The number of carboxylic acid groups (broad SMARTS) is 3. The molecule has 0 saturated carbocycles. The Hall–Kier alpha value is -1.59. The number of carbonyl (C=O) groups is 3. The zero-order valence-corrected chi connectivity index (χ0v) is 10.3. The smallest absolute Gasteiger partial charge is 0.306 e. The first-order valence-electron chi connectivity index (χ1n) is 5.25. The van der Waals surface area contributed by atoms with Crippen LogP contribution in [0.3, 0.4) is 0 Å². The molecule has 0 saturated heterocycles. The van der Waals surface area contributed by atoms with Gasteiger partial charge in [0, 0.05) is 5.41 Å². The van der Waals surface area contributed by atoms with Gasteiger partial charge in [-0.2, -0.15) is 0 Å². The highest BCUT2D eigenvalue weighted by Crippen LogP contribution is 2.43. The molecule has 3 N–H and O–H groups in total. The molecule has 0 aromatic heterocycles. The molecule has 6 nitrogen and oxygen atoms in total. The number of rotatable bonds is 6. The summed E-state index contributed by atoms with van der Waals surface area (Å²) in [5.41, 5.74) is -1.36. The van der Waals surface area contributed by atoms with Crippen LogP contribution in [0.4, 0.5) is 0 Å². The molecule has 0 aliphatic carbocycles. The minimum atomic E-state index is -1.36. The van der Waals surface area contributed by atoms with Crippen LogP contribution in [-0.4, -0.2) is 33.2 Å². The van der Waals surface area contributed by atoms with E-state index in [9.17, 15) is 14.4 Å². The van der Waals surface area contributed by atoms with Crippen LogP contribution in [0.15, 0.2) is 0 Å². The zero-order chi connectivity index (χ0) is 14.0. The Morgan fingerprint density at radius 2 is 0.941 bits per heavy atom. The first-order chi connectivity index (χ1) is 7.56. The lowest BCUT2D eigenvalue weighted by atomic mass is 9.62. The molecule has 0 radical (unpaired) electrons. The van der Waals surface area contributed by atoms with E-state index in [1.807, 2.05) is 0 Å². The molecule has 0 aliphatic heterocycles. The van der Waals surface area contributed by atoms with Crippen LogP contribution in [0.25, 0.3) is 0 Å². The van der Waals surface area contributed by atoms with Gasteiger partial charge in [0.2, 0.25) is 0 Å². The van der Waals surface area contributed by atoms with Crippen LogP contribution in [0.5, 0.6) is 0 Å². The first kappa shape index (κ1) is 15.4. The van der Waals surface area contributed by atoms with Gasteiger partial charge in [-0.15, -0.1) is 0 Å². The second-order valence-corrected chi connectivity index (χ2v) is 4.55. The van der Waals surface area contributed by atoms with Crippen LogP contribution in [0.1, 0.15) is 27.7 Å². The SMILES string of the molecule is CC(C(=O)O)C(C)(C(C)C(=O)O)C(C)C(=O)O. The molecule has 0 fully saturated rings. The monoisotopic (exact) mass is 246 g/mol. The topological polar surface area (TPSA) is 112 Å². The molecular formula is C11H18O6. The lowest BCUT2D eigenvalue weighted by Crippen LogP contribution is -2.47. The molecule has 6 heteroatoms. The minimum absolute atomic E-state index is 1.07. The van der Waals surface area contributed by atoms with Crippen molar-refractivity contribution in [3.05, 3.63) is 0 Å². The summed E-state index contributed by atoms with van der Waals surface area (Å²) >= 11 is 0. The van der Waals surface area contributed by atoms with Crippen molar-refractivity contribution in [3.63, 3.8) is 0 Å². The Labute approximate surface area is 99.3 Å². The fraction of sp³-hybridized carbons (Fsp3) is 0.727. The summed E-state index contributed by atoms with van der Waals surface area (Å²) in [6, 6.07) is 0. The van der Waals surface area contributed by atoms with Gasteiger partial charge in [0.25, 0.3) is 0 Å². The fourth-order valence-corrected chi connectivity index (χ4v) is 1.92. The van der Waals surface area contributed by atoms with Crippen LogP contribution in [0.2, 0.25) is 0 Å². The van der Waals surface area contributed by atoms with Gasteiger partial charge in [-0.25, -0.2) is 0 Å². The van der Waals surface area contributed by atoms with Crippen molar-refractivity contribution in [1.82, 2.24) is 0 Å². The normalized spacial score (nSPS) is 19.8. The van der Waals surface area contributed by atoms with Crippen LogP contribution >= 0.6 is 0 Å². The third kappa shape index (κ3) is 2.75. The van der Waals surface area contributed by atoms with Gasteiger partial charge in [-0.1, -0.05) is 27.7 Å². The number of hydrogen-bond donors (Lipinski definition) is 3. The average molecular weight is 246 g/mol. The van der Waals surface area contributed by atoms with E-state index in [2.05, 4.69) is 0 Å². The fourth-order valence-electron chi connectivity index (χ4n) is 1.92. The van der Waals surface area contributed by atoms with E-state index in [0.717, 1.165) is 0 Å². The second kappa shape index (κ2) is 5.16. The molecule has 0 spiro atoms. The Bertz CT molecular complexity index is 285. The van der Waals surface area contributed by atoms with Crippen molar-refractivity contribution in [2.24, 2.45) is 23.2 Å². The van der Waals surface area contributed by atoms with Crippen LogP contribution in [-0.2, 0) is 14.4 Å². The molecule has 3 unspecified atom stereocenters. The molecule has 0 bridgehead atoms. The van der Waals surface area contributed by atoms with Crippen LogP contribution in [0, 0.1) is 23.2 Å². The summed E-state index contributed by atoms with van der Waals surface area (Å²) in [5.74, 6) is -6.81. The van der Waals surface area contributed by atoms with Gasteiger partial charge in [-0.05, 0) is 0 Å². The van der Waals surface area contributed by atoms with Crippen molar-refractivity contribution in [3.8, 4) is 0 Å². The van der Waals surface area contributed by atoms with Gasteiger partial charge in [-0.3, -0.25) is 14.4 Å². The Balaban J connectivity index is 5.58. The maximum atomic E-state index is 11.0. The van der Waals surface area contributed by atoms with Gasteiger partial charge >= 0.3 is 17.9 Å². The van der Waals surface area contributed by atoms with E-state index >= 15 is 0 Å². The summed E-state index contributed by atoms with van der Waals surface area (Å²) in [6.07, 6.45) is 0. The minimum Gasteiger partial charge on any atom is -0.481 e. The lowest BCUT2D eigenvalue weighted by Gasteiger charge is -2.40. The molecule has 3 atom stereocenters. The number of carboxylic acids is 3. The zero-order valence-electron chi connectivity index (χ0n) is 10.3. The summed E-state index contributed by atoms with van der Waals surface area (Å²) in [4.78, 5) is 33.0. The van der Waals surface area contributed by atoms with E-state index in [4.69, 9.17) is 15.3 Å². The average Bonchev–Trinajstić information content (AvgIpc) is 2.24. The van der Waals surface area contributed by atoms with Gasteiger partial charge in [0.1, 0.15) is 0 Å². The molecule has 17 heavy (non-hydrogen) atoms. The Morgan fingerprint density at radius 3 is 1.06 bits per heavy atom. The molecule has 0 aromatic rings. The number of hydrogen-bond acceptors (Lipinski definition) is 3. The van der Waals surface area contributed by atoms with E-state index in [0.29, 0.717) is 0 Å².